The SMILES string of the molecule is CC1C=CC(Nc2ccc3c(c2)CC(C)(C)C(=O)N3)=NC1C. The molecule has 0 fully saturated rings. The maximum atomic E-state index is 12.0. The van der Waals surface area contributed by atoms with Crippen molar-refractivity contribution in [1.29, 1.82) is 0 Å². The number of aliphatic imine (C=N–C) groups is 1. The van der Waals surface area contributed by atoms with Gasteiger partial charge in [0.1, 0.15) is 5.84 Å². The second-order valence-corrected chi connectivity index (χ2v) is 6.98. The summed E-state index contributed by atoms with van der Waals surface area (Å²) in [7, 11) is 0. The normalized spacial score (nSPS) is 26.0. The van der Waals surface area contributed by atoms with Crippen molar-refractivity contribution in [3.05, 3.63) is 35.9 Å². The van der Waals surface area contributed by atoms with E-state index in [0.29, 0.717) is 12.0 Å². The van der Waals surface area contributed by atoms with Crippen LogP contribution in [0.15, 0.2) is 35.3 Å². The minimum Gasteiger partial charge on any atom is -0.341 e. The van der Waals surface area contributed by atoms with Gasteiger partial charge in [0.25, 0.3) is 0 Å². The van der Waals surface area contributed by atoms with E-state index in [1.165, 1.54) is 0 Å². The van der Waals surface area contributed by atoms with Gasteiger partial charge in [0.2, 0.25) is 5.91 Å². The van der Waals surface area contributed by atoms with Crippen LogP contribution in [-0.2, 0) is 11.2 Å². The molecule has 2 N–H and O–H groups in total. The lowest BCUT2D eigenvalue weighted by atomic mass is 9.81. The molecule has 1 aromatic rings. The van der Waals surface area contributed by atoms with E-state index in [9.17, 15) is 4.79 Å². The number of fused-ring (bicyclic) bond motifs is 1. The summed E-state index contributed by atoms with van der Waals surface area (Å²) in [4.78, 5) is 16.7. The van der Waals surface area contributed by atoms with Crippen LogP contribution in [0.3, 0.4) is 0 Å². The maximum absolute atomic E-state index is 12.0. The molecule has 0 spiro atoms. The summed E-state index contributed by atoms with van der Waals surface area (Å²) in [6.45, 7) is 8.25. The molecule has 3 rings (SSSR count). The molecule has 2 unspecified atom stereocenters. The minimum absolute atomic E-state index is 0.0862. The summed E-state index contributed by atoms with van der Waals surface area (Å²) in [5, 5.41) is 6.35. The minimum atomic E-state index is -0.363. The van der Waals surface area contributed by atoms with E-state index < -0.39 is 0 Å². The lowest BCUT2D eigenvalue weighted by Gasteiger charge is -2.30. The number of carbonyl (C=O) groups is 1. The molecule has 0 saturated carbocycles. The number of amides is 1. The Labute approximate surface area is 131 Å². The molecule has 116 valence electrons. The molecule has 0 aliphatic carbocycles. The molecule has 0 saturated heterocycles. The van der Waals surface area contributed by atoms with Gasteiger partial charge < -0.3 is 10.6 Å². The van der Waals surface area contributed by atoms with Crippen LogP contribution in [0.4, 0.5) is 11.4 Å². The highest BCUT2D eigenvalue weighted by Crippen LogP contribution is 2.34. The molecule has 4 heteroatoms. The highest BCUT2D eigenvalue weighted by Gasteiger charge is 2.33. The topological polar surface area (TPSA) is 53.5 Å². The average Bonchev–Trinajstić information content (AvgIpc) is 2.44. The first-order chi connectivity index (χ1) is 10.3. The van der Waals surface area contributed by atoms with Crippen LogP contribution in [0, 0.1) is 11.3 Å². The lowest BCUT2D eigenvalue weighted by molar-refractivity contribution is -0.124. The van der Waals surface area contributed by atoms with Crippen molar-refractivity contribution in [2.24, 2.45) is 16.3 Å². The Kier molecular flexibility index (Phi) is 3.55. The molecule has 2 heterocycles. The zero-order valence-corrected chi connectivity index (χ0v) is 13.6. The standard InChI is InChI=1S/C18H23N3O/c1-11-5-8-16(19-12(11)2)20-14-6-7-15-13(9-14)10-18(3,4)17(22)21-15/h5-9,11-12H,10H2,1-4H3,(H,19,20)(H,21,22). The molecule has 1 aromatic carbocycles. The Morgan fingerprint density at radius 2 is 2.09 bits per heavy atom. The number of carbonyl (C=O) groups excluding carboxylic acids is 1. The zero-order valence-electron chi connectivity index (χ0n) is 13.6. The Bertz CT molecular complexity index is 673. The molecular formula is C18H23N3O. The third-order valence-corrected chi connectivity index (χ3v) is 4.53. The number of hydrogen-bond donors (Lipinski definition) is 2. The summed E-state index contributed by atoms with van der Waals surface area (Å²) in [5.41, 5.74) is 2.72. The van der Waals surface area contributed by atoms with Gasteiger partial charge in [-0.3, -0.25) is 9.79 Å². The van der Waals surface area contributed by atoms with Gasteiger partial charge in [0.15, 0.2) is 0 Å². The molecular weight excluding hydrogens is 274 g/mol. The largest absolute Gasteiger partial charge is 0.341 e. The number of amidine groups is 1. The second kappa shape index (κ2) is 5.27. The van der Waals surface area contributed by atoms with Gasteiger partial charge in [-0.25, -0.2) is 0 Å². The third kappa shape index (κ3) is 2.78. The first-order valence-corrected chi connectivity index (χ1v) is 7.82. The van der Waals surface area contributed by atoms with Crippen LogP contribution < -0.4 is 10.6 Å². The number of dihydropyridines is 1. The van der Waals surface area contributed by atoms with E-state index in [-0.39, 0.29) is 11.3 Å². The van der Waals surface area contributed by atoms with Crippen molar-refractivity contribution < 1.29 is 4.79 Å². The average molecular weight is 297 g/mol. The lowest BCUT2D eigenvalue weighted by Crippen LogP contribution is -2.37. The van der Waals surface area contributed by atoms with Crippen LogP contribution in [0.25, 0.3) is 0 Å². The summed E-state index contributed by atoms with van der Waals surface area (Å²) < 4.78 is 0. The number of anilines is 2. The number of hydrogen-bond acceptors (Lipinski definition) is 3. The molecule has 1 amide bonds. The molecule has 2 aliphatic rings. The van der Waals surface area contributed by atoms with Crippen LogP contribution in [0.5, 0.6) is 0 Å². The van der Waals surface area contributed by atoms with Gasteiger partial charge in [-0.2, -0.15) is 0 Å². The van der Waals surface area contributed by atoms with E-state index in [1.807, 2.05) is 32.1 Å². The maximum Gasteiger partial charge on any atom is 0.230 e. The van der Waals surface area contributed by atoms with Crippen LogP contribution in [0.1, 0.15) is 33.3 Å². The Morgan fingerprint density at radius 3 is 2.82 bits per heavy atom. The van der Waals surface area contributed by atoms with E-state index in [1.54, 1.807) is 0 Å². The summed E-state index contributed by atoms with van der Waals surface area (Å²) in [6, 6.07) is 6.35. The molecule has 0 bridgehead atoms. The smallest absolute Gasteiger partial charge is 0.230 e. The summed E-state index contributed by atoms with van der Waals surface area (Å²) >= 11 is 0. The Balaban J connectivity index is 1.82. The van der Waals surface area contributed by atoms with E-state index in [0.717, 1.165) is 29.2 Å². The fourth-order valence-corrected chi connectivity index (χ4v) is 2.79. The second-order valence-electron chi connectivity index (χ2n) is 6.98. The molecule has 4 nitrogen and oxygen atoms in total. The highest BCUT2D eigenvalue weighted by molar-refractivity contribution is 6.05. The first-order valence-electron chi connectivity index (χ1n) is 7.82. The van der Waals surface area contributed by atoms with Crippen LogP contribution in [0.2, 0.25) is 0 Å². The summed E-state index contributed by atoms with van der Waals surface area (Å²) in [6.07, 6.45) is 4.97. The fraction of sp³-hybridized carbons (Fsp3) is 0.444. The van der Waals surface area contributed by atoms with E-state index in [4.69, 9.17) is 0 Å². The van der Waals surface area contributed by atoms with Gasteiger partial charge >= 0.3 is 0 Å². The molecule has 22 heavy (non-hydrogen) atoms. The van der Waals surface area contributed by atoms with Crippen molar-refractivity contribution in [2.45, 2.75) is 40.2 Å². The van der Waals surface area contributed by atoms with Crippen molar-refractivity contribution >= 4 is 23.1 Å². The Hall–Kier alpha value is -2.10. The fourth-order valence-electron chi connectivity index (χ4n) is 2.79. The Morgan fingerprint density at radius 1 is 1.32 bits per heavy atom. The number of rotatable bonds is 1. The quantitative estimate of drug-likeness (QED) is 0.832. The van der Waals surface area contributed by atoms with Gasteiger partial charge in [-0.05, 0) is 49.1 Å². The van der Waals surface area contributed by atoms with Gasteiger partial charge in [-0.1, -0.05) is 26.8 Å². The summed E-state index contributed by atoms with van der Waals surface area (Å²) in [5.74, 6) is 1.46. The van der Waals surface area contributed by atoms with E-state index >= 15 is 0 Å². The van der Waals surface area contributed by atoms with Crippen molar-refractivity contribution in [3.8, 4) is 0 Å². The molecule has 2 atom stereocenters. The van der Waals surface area contributed by atoms with Crippen molar-refractivity contribution in [2.75, 3.05) is 10.6 Å². The van der Waals surface area contributed by atoms with Crippen LogP contribution in [-0.4, -0.2) is 17.8 Å². The van der Waals surface area contributed by atoms with Crippen LogP contribution >= 0.6 is 0 Å². The monoisotopic (exact) mass is 297 g/mol. The van der Waals surface area contributed by atoms with Crippen molar-refractivity contribution in [3.63, 3.8) is 0 Å². The predicted octanol–water partition coefficient (Wildman–Crippen LogP) is 3.61. The number of nitrogens with one attached hydrogen (secondary N) is 2. The van der Waals surface area contributed by atoms with Crippen molar-refractivity contribution in [1.82, 2.24) is 0 Å². The zero-order chi connectivity index (χ0) is 15.9. The predicted molar refractivity (Wildman–Crippen MR) is 91.4 cm³/mol. The number of benzene rings is 1. The van der Waals surface area contributed by atoms with Gasteiger partial charge in [0.05, 0.1) is 6.04 Å². The number of nitrogens with zero attached hydrogens (tertiary/aromatic N) is 1. The molecule has 2 aliphatic heterocycles. The van der Waals surface area contributed by atoms with E-state index in [2.05, 4.69) is 41.6 Å². The molecule has 0 aromatic heterocycles. The molecule has 0 radical (unpaired) electrons. The van der Waals surface area contributed by atoms with Gasteiger partial charge in [-0.15, -0.1) is 0 Å². The third-order valence-electron chi connectivity index (χ3n) is 4.53. The van der Waals surface area contributed by atoms with Gasteiger partial charge in [0, 0.05) is 16.8 Å². The highest BCUT2D eigenvalue weighted by atomic mass is 16.2. The first kappa shape index (κ1) is 14.8.